The van der Waals surface area contributed by atoms with E-state index in [4.69, 9.17) is 5.11 Å². The summed E-state index contributed by atoms with van der Waals surface area (Å²) in [7, 11) is 0. The number of benzene rings is 2. The van der Waals surface area contributed by atoms with Gasteiger partial charge >= 0.3 is 24.5 Å². The molecule has 0 aromatic heterocycles. The van der Waals surface area contributed by atoms with Crippen molar-refractivity contribution in [3.05, 3.63) is 46.5 Å². The maximum Gasteiger partial charge on any atom is 0.417 e. The van der Waals surface area contributed by atoms with Crippen molar-refractivity contribution in [2.75, 3.05) is 0 Å². The molecule has 0 spiro atoms. The Morgan fingerprint density at radius 2 is 1.08 bits per heavy atom. The molecule has 0 fully saturated rings. The number of rotatable bonds is 1. The molecular formula is C14H5F9O2. The molecule has 2 aromatic rings. The molecule has 136 valence electrons. The predicted octanol–water partition coefficient (Wildman–Crippen LogP) is 5.59. The number of alkyl halides is 9. The summed E-state index contributed by atoms with van der Waals surface area (Å²) < 4.78 is 119. The van der Waals surface area contributed by atoms with Crippen molar-refractivity contribution in [3.63, 3.8) is 0 Å². The van der Waals surface area contributed by atoms with Crippen LogP contribution in [-0.4, -0.2) is 11.1 Å². The standard InChI is InChI=1S/C14H5F9O2/c15-12(16,17)8-6-4-2-1-3-5(6)7(11(24)25)9(13(18,19)20)10(8)14(21,22)23/h1-4H,(H,24,25). The maximum atomic E-state index is 13.2. The van der Waals surface area contributed by atoms with E-state index in [-0.39, 0.29) is 0 Å². The molecule has 0 amide bonds. The highest BCUT2D eigenvalue weighted by Crippen LogP contribution is 2.51. The van der Waals surface area contributed by atoms with Crippen LogP contribution in [0, 0.1) is 0 Å². The topological polar surface area (TPSA) is 37.3 Å². The Hall–Kier alpha value is -2.46. The van der Waals surface area contributed by atoms with Crippen LogP contribution in [0.2, 0.25) is 0 Å². The van der Waals surface area contributed by atoms with Gasteiger partial charge in [-0.15, -0.1) is 0 Å². The molecule has 2 aromatic carbocycles. The van der Waals surface area contributed by atoms with E-state index >= 15 is 0 Å². The normalized spacial score (nSPS) is 13.3. The van der Waals surface area contributed by atoms with E-state index < -0.39 is 57.5 Å². The number of hydrogen-bond acceptors (Lipinski definition) is 1. The summed E-state index contributed by atoms with van der Waals surface area (Å²) in [5.74, 6) is -2.43. The van der Waals surface area contributed by atoms with Gasteiger partial charge < -0.3 is 5.11 Å². The Morgan fingerprint density at radius 1 is 0.680 bits per heavy atom. The molecule has 0 saturated heterocycles. The average Bonchev–Trinajstić information content (AvgIpc) is 2.41. The van der Waals surface area contributed by atoms with Gasteiger partial charge in [0.05, 0.1) is 22.3 Å². The van der Waals surface area contributed by atoms with E-state index in [9.17, 15) is 44.3 Å². The van der Waals surface area contributed by atoms with Crippen LogP contribution >= 0.6 is 0 Å². The molecule has 25 heavy (non-hydrogen) atoms. The summed E-state index contributed by atoms with van der Waals surface area (Å²) in [6.07, 6.45) is -17.9. The van der Waals surface area contributed by atoms with Crippen LogP contribution in [0.25, 0.3) is 10.8 Å². The summed E-state index contributed by atoms with van der Waals surface area (Å²) in [5.41, 5.74) is -10.4. The second-order valence-corrected chi connectivity index (χ2v) is 4.84. The Kier molecular flexibility index (Phi) is 4.17. The van der Waals surface area contributed by atoms with Crippen LogP contribution in [-0.2, 0) is 18.5 Å². The second-order valence-electron chi connectivity index (χ2n) is 4.84. The quantitative estimate of drug-likeness (QED) is 0.659. The fourth-order valence-corrected chi connectivity index (χ4v) is 2.52. The number of carbonyl (C=O) groups is 1. The van der Waals surface area contributed by atoms with Gasteiger partial charge in [0.2, 0.25) is 0 Å². The highest BCUT2D eigenvalue weighted by molar-refractivity contribution is 6.07. The molecule has 0 aliphatic carbocycles. The maximum absolute atomic E-state index is 13.2. The van der Waals surface area contributed by atoms with Gasteiger partial charge in [0.1, 0.15) is 0 Å². The van der Waals surface area contributed by atoms with E-state index in [0.717, 1.165) is 12.1 Å². The van der Waals surface area contributed by atoms with Crippen LogP contribution in [0.15, 0.2) is 24.3 Å². The Labute approximate surface area is 132 Å². The van der Waals surface area contributed by atoms with E-state index in [1.54, 1.807) is 0 Å². The van der Waals surface area contributed by atoms with E-state index in [2.05, 4.69) is 0 Å². The third kappa shape index (κ3) is 3.22. The monoisotopic (exact) mass is 376 g/mol. The second kappa shape index (κ2) is 5.53. The van der Waals surface area contributed by atoms with Crippen molar-refractivity contribution in [2.24, 2.45) is 0 Å². The number of carboxylic acids is 1. The number of carboxylic acid groups (broad SMARTS) is 1. The molecule has 0 unspecified atom stereocenters. The number of halogens is 9. The average molecular weight is 376 g/mol. The Bertz CT molecular complexity index is 844. The first-order valence-electron chi connectivity index (χ1n) is 6.21. The van der Waals surface area contributed by atoms with Crippen LogP contribution in [0.1, 0.15) is 27.0 Å². The summed E-state index contributed by atoms with van der Waals surface area (Å²) in [6.45, 7) is 0. The van der Waals surface area contributed by atoms with Crippen molar-refractivity contribution in [3.8, 4) is 0 Å². The zero-order valence-corrected chi connectivity index (χ0v) is 11.6. The lowest BCUT2D eigenvalue weighted by molar-refractivity contribution is -0.174. The van der Waals surface area contributed by atoms with Gasteiger partial charge in [0.15, 0.2) is 0 Å². The molecule has 0 bridgehead atoms. The first kappa shape index (κ1) is 18.9. The lowest BCUT2D eigenvalue weighted by Crippen LogP contribution is -2.26. The molecule has 0 aliphatic heterocycles. The molecule has 0 atom stereocenters. The van der Waals surface area contributed by atoms with E-state index in [1.165, 1.54) is 0 Å². The first-order chi connectivity index (χ1) is 11.2. The third-order valence-electron chi connectivity index (χ3n) is 3.28. The minimum Gasteiger partial charge on any atom is -0.478 e. The van der Waals surface area contributed by atoms with Gasteiger partial charge in [-0.05, 0) is 10.8 Å². The van der Waals surface area contributed by atoms with E-state index in [0.29, 0.717) is 12.1 Å². The third-order valence-corrected chi connectivity index (χ3v) is 3.28. The van der Waals surface area contributed by atoms with Crippen molar-refractivity contribution in [2.45, 2.75) is 18.5 Å². The Morgan fingerprint density at radius 3 is 1.44 bits per heavy atom. The van der Waals surface area contributed by atoms with Gasteiger partial charge in [-0.2, -0.15) is 39.5 Å². The van der Waals surface area contributed by atoms with Gasteiger partial charge in [0.25, 0.3) is 0 Å². The molecule has 0 aliphatic rings. The van der Waals surface area contributed by atoms with Crippen LogP contribution in [0.5, 0.6) is 0 Å². The Balaban J connectivity index is 3.31. The SMILES string of the molecule is O=C(O)c1c(C(F)(F)F)c(C(F)(F)F)c(C(F)(F)F)c2ccccc12. The minimum atomic E-state index is -6.09. The van der Waals surface area contributed by atoms with Gasteiger partial charge in [-0.1, -0.05) is 24.3 Å². The molecule has 11 heteroatoms. The van der Waals surface area contributed by atoms with Crippen LogP contribution < -0.4 is 0 Å². The van der Waals surface area contributed by atoms with Crippen molar-refractivity contribution in [1.29, 1.82) is 0 Å². The molecule has 0 radical (unpaired) electrons. The smallest absolute Gasteiger partial charge is 0.417 e. The largest absolute Gasteiger partial charge is 0.478 e. The van der Waals surface area contributed by atoms with Crippen molar-refractivity contribution >= 4 is 16.7 Å². The first-order valence-corrected chi connectivity index (χ1v) is 6.21. The molecule has 1 N–H and O–H groups in total. The molecule has 0 saturated carbocycles. The van der Waals surface area contributed by atoms with Crippen LogP contribution in [0.3, 0.4) is 0 Å². The highest BCUT2D eigenvalue weighted by atomic mass is 19.4. The molecular weight excluding hydrogens is 371 g/mol. The molecule has 2 nitrogen and oxygen atoms in total. The highest BCUT2D eigenvalue weighted by Gasteiger charge is 2.53. The van der Waals surface area contributed by atoms with Gasteiger partial charge in [0, 0.05) is 0 Å². The lowest BCUT2D eigenvalue weighted by Gasteiger charge is -2.24. The summed E-state index contributed by atoms with van der Waals surface area (Å²) in [4.78, 5) is 11.2. The molecule has 2 rings (SSSR count). The fourth-order valence-electron chi connectivity index (χ4n) is 2.52. The summed E-state index contributed by atoms with van der Waals surface area (Å²) >= 11 is 0. The van der Waals surface area contributed by atoms with E-state index in [1.807, 2.05) is 0 Å². The summed E-state index contributed by atoms with van der Waals surface area (Å²) in [6, 6.07) is 2.85. The predicted molar refractivity (Wildman–Crippen MR) is 65.9 cm³/mol. The van der Waals surface area contributed by atoms with Crippen LogP contribution in [0.4, 0.5) is 39.5 Å². The fraction of sp³-hybridized carbons (Fsp3) is 0.214. The summed E-state index contributed by atoms with van der Waals surface area (Å²) in [5, 5.41) is 6.58. The molecule has 0 heterocycles. The number of fused-ring (bicyclic) bond motifs is 1. The van der Waals surface area contributed by atoms with Crippen molar-refractivity contribution in [1.82, 2.24) is 0 Å². The zero-order chi connectivity index (χ0) is 19.4. The minimum absolute atomic E-state index is 0.486. The number of hydrogen-bond donors (Lipinski definition) is 1. The van der Waals surface area contributed by atoms with Crippen molar-refractivity contribution < 1.29 is 49.4 Å². The lowest BCUT2D eigenvalue weighted by atomic mass is 9.87. The number of aromatic carboxylic acids is 1. The van der Waals surface area contributed by atoms with Gasteiger partial charge in [-0.3, -0.25) is 0 Å². The van der Waals surface area contributed by atoms with Gasteiger partial charge in [-0.25, -0.2) is 4.79 Å². The zero-order valence-electron chi connectivity index (χ0n) is 11.6.